The number of nitriles is 1. The summed E-state index contributed by atoms with van der Waals surface area (Å²) in [5.41, 5.74) is 2.00. The van der Waals surface area contributed by atoms with Crippen LogP contribution in [0.5, 0.6) is 0 Å². The van der Waals surface area contributed by atoms with E-state index >= 15 is 0 Å². The predicted molar refractivity (Wildman–Crippen MR) is 89.9 cm³/mol. The molecule has 2 aromatic rings. The molecule has 0 aliphatic carbocycles. The number of benzene rings is 1. The highest BCUT2D eigenvalue weighted by Crippen LogP contribution is 2.16. The zero-order valence-corrected chi connectivity index (χ0v) is 13.4. The van der Waals surface area contributed by atoms with Gasteiger partial charge in [0.1, 0.15) is 0 Å². The molecule has 0 fully saturated rings. The smallest absolute Gasteiger partial charge is 0.223 e. The zero-order valence-electron chi connectivity index (χ0n) is 13.4. The minimum atomic E-state index is -0.176. The van der Waals surface area contributed by atoms with Crippen LogP contribution in [0.15, 0.2) is 48.8 Å². The second kappa shape index (κ2) is 8.44. The van der Waals surface area contributed by atoms with E-state index in [4.69, 9.17) is 5.26 Å². The van der Waals surface area contributed by atoms with Gasteiger partial charge in [0.15, 0.2) is 0 Å². The molecule has 1 N–H and O–H groups in total. The Labute approximate surface area is 140 Å². The molecule has 24 heavy (non-hydrogen) atoms. The molecule has 0 aliphatic rings. The molecule has 0 spiro atoms. The van der Waals surface area contributed by atoms with Crippen molar-refractivity contribution in [2.24, 2.45) is 0 Å². The molecule has 6 nitrogen and oxygen atoms in total. The molecule has 0 saturated carbocycles. The Bertz CT molecular complexity index is 753. The molecule has 2 amide bonds. The molecule has 122 valence electrons. The molecule has 0 aliphatic heterocycles. The lowest BCUT2D eigenvalue weighted by Gasteiger charge is -2.21. The number of aromatic nitrogens is 1. The molecule has 1 aromatic heterocycles. The average molecular weight is 322 g/mol. The maximum atomic E-state index is 12.0. The van der Waals surface area contributed by atoms with Gasteiger partial charge in [-0.25, -0.2) is 0 Å². The van der Waals surface area contributed by atoms with E-state index in [9.17, 15) is 9.59 Å². The lowest BCUT2D eigenvalue weighted by Crippen LogP contribution is -2.33. The molecule has 0 saturated heterocycles. The summed E-state index contributed by atoms with van der Waals surface area (Å²) >= 11 is 0. The van der Waals surface area contributed by atoms with Crippen molar-refractivity contribution in [3.05, 3.63) is 59.9 Å². The van der Waals surface area contributed by atoms with Gasteiger partial charge in [0, 0.05) is 44.5 Å². The van der Waals surface area contributed by atoms with Gasteiger partial charge in [0.25, 0.3) is 0 Å². The third kappa shape index (κ3) is 4.92. The molecule has 1 heterocycles. The first-order chi connectivity index (χ1) is 11.6. The summed E-state index contributed by atoms with van der Waals surface area (Å²) in [6.45, 7) is 2.09. The summed E-state index contributed by atoms with van der Waals surface area (Å²) in [4.78, 5) is 29.3. The number of carbonyl (C=O) groups is 2. The van der Waals surface area contributed by atoms with Gasteiger partial charge in [0.2, 0.25) is 11.8 Å². The van der Waals surface area contributed by atoms with E-state index in [0.29, 0.717) is 17.8 Å². The Hall–Kier alpha value is -3.20. The number of nitrogens with zero attached hydrogens (tertiary/aromatic N) is 3. The fourth-order valence-corrected chi connectivity index (χ4v) is 2.22. The van der Waals surface area contributed by atoms with Crippen LogP contribution in [-0.2, 0) is 16.1 Å². The van der Waals surface area contributed by atoms with E-state index < -0.39 is 0 Å². The van der Waals surface area contributed by atoms with E-state index in [1.54, 1.807) is 42.7 Å². The molecule has 0 bridgehead atoms. The largest absolute Gasteiger partial charge is 0.352 e. The topological polar surface area (TPSA) is 86.1 Å². The van der Waals surface area contributed by atoms with Crippen LogP contribution in [0.2, 0.25) is 0 Å². The Morgan fingerprint density at radius 3 is 2.79 bits per heavy atom. The molecule has 2 rings (SSSR count). The van der Waals surface area contributed by atoms with Gasteiger partial charge in [-0.2, -0.15) is 5.26 Å². The van der Waals surface area contributed by atoms with Crippen molar-refractivity contribution in [3.63, 3.8) is 0 Å². The van der Waals surface area contributed by atoms with E-state index in [1.807, 2.05) is 12.1 Å². The van der Waals surface area contributed by atoms with Crippen molar-refractivity contribution in [1.82, 2.24) is 10.3 Å². The third-order valence-corrected chi connectivity index (χ3v) is 3.44. The maximum absolute atomic E-state index is 12.0. The standard InChI is InChI=1S/C18H18N4O2/c1-14(23)22(17-6-2-4-15(10-17)11-19)9-7-18(24)21-13-16-5-3-8-20-12-16/h2-6,8,10,12H,7,9,13H2,1H3,(H,21,24). The quantitative estimate of drug-likeness (QED) is 0.881. The third-order valence-electron chi connectivity index (χ3n) is 3.44. The summed E-state index contributed by atoms with van der Waals surface area (Å²) < 4.78 is 0. The van der Waals surface area contributed by atoms with Crippen molar-refractivity contribution in [1.29, 1.82) is 5.26 Å². The average Bonchev–Trinajstić information content (AvgIpc) is 2.61. The van der Waals surface area contributed by atoms with Crippen LogP contribution in [0, 0.1) is 11.3 Å². The van der Waals surface area contributed by atoms with Crippen LogP contribution in [0.3, 0.4) is 0 Å². The van der Waals surface area contributed by atoms with Crippen molar-refractivity contribution in [2.75, 3.05) is 11.4 Å². The monoisotopic (exact) mass is 322 g/mol. The number of hydrogen-bond donors (Lipinski definition) is 1. The van der Waals surface area contributed by atoms with Crippen LogP contribution in [0.25, 0.3) is 0 Å². The molecule has 0 radical (unpaired) electrons. The van der Waals surface area contributed by atoms with Gasteiger partial charge in [-0.05, 0) is 29.8 Å². The number of carbonyl (C=O) groups excluding carboxylic acids is 2. The number of hydrogen-bond acceptors (Lipinski definition) is 4. The molecular formula is C18H18N4O2. The zero-order chi connectivity index (χ0) is 17.4. The molecule has 0 unspecified atom stereocenters. The molecule has 6 heteroatoms. The van der Waals surface area contributed by atoms with Crippen molar-refractivity contribution < 1.29 is 9.59 Å². The lowest BCUT2D eigenvalue weighted by atomic mass is 10.2. The van der Waals surface area contributed by atoms with Crippen molar-refractivity contribution in [3.8, 4) is 6.07 Å². The summed E-state index contributed by atoms with van der Waals surface area (Å²) in [5, 5.41) is 11.8. The highest BCUT2D eigenvalue weighted by molar-refractivity contribution is 5.92. The number of pyridine rings is 1. The fourth-order valence-electron chi connectivity index (χ4n) is 2.22. The molecular weight excluding hydrogens is 304 g/mol. The van der Waals surface area contributed by atoms with Crippen LogP contribution in [-0.4, -0.2) is 23.3 Å². The Balaban J connectivity index is 1.92. The second-order valence-corrected chi connectivity index (χ2v) is 5.22. The maximum Gasteiger partial charge on any atom is 0.223 e. The molecule has 1 aromatic carbocycles. The lowest BCUT2D eigenvalue weighted by molar-refractivity contribution is -0.121. The highest BCUT2D eigenvalue weighted by Gasteiger charge is 2.13. The first-order valence-corrected chi connectivity index (χ1v) is 7.54. The number of rotatable bonds is 6. The fraction of sp³-hybridized carbons (Fsp3) is 0.222. The van der Waals surface area contributed by atoms with Crippen LogP contribution < -0.4 is 10.2 Å². The summed E-state index contributed by atoms with van der Waals surface area (Å²) in [5.74, 6) is -0.327. The second-order valence-electron chi connectivity index (χ2n) is 5.22. The van der Waals surface area contributed by atoms with Gasteiger partial charge in [0.05, 0.1) is 11.6 Å². The van der Waals surface area contributed by atoms with Gasteiger partial charge >= 0.3 is 0 Å². The SMILES string of the molecule is CC(=O)N(CCC(=O)NCc1cccnc1)c1cccc(C#N)c1. The van der Waals surface area contributed by atoms with E-state index in [0.717, 1.165) is 5.56 Å². The van der Waals surface area contributed by atoms with Crippen molar-refractivity contribution in [2.45, 2.75) is 19.9 Å². The number of anilines is 1. The Kier molecular flexibility index (Phi) is 6.03. The summed E-state index contributed by atoms with van der Waals surface area (Å²) in [6.07, 6.45) is 3.54. The van der Waals surface area contributed by atoms with Crippen LogP contribution in [0.1, 0.15) is 24.5 Å². The number of amides is 2. The van der Waals surface area contributed by atoms with Gasteiger partial charge in [-0.15, -0.1) is 0 Å². The van der Waals surface area contributed by atoms with Gasteiger partial charge in [-0.1, -0.05) is 12.1 Å². The summed E-state index contributed by atoms with van der Waals surface area (Å²) in [6, 6.07) is 12.5. The van der Waals surface area contributed by atoms with E-state index in [2.05, 4.69) is 10.3 Å². The van der Waals surface area contributed by atoms with Crippen LogP contribution in [0.4, 0.5) is 5.69 Å². The highest BCUT2D eigenvalue weighted by atomic mass is 16.2. The van der Waals surface area contributed by atoms with Crippen molar-refractivity contribution >= 4 is 17.5 Å². The minimum absolute atomic E-state index is 0.151. The Morgan fingerprint density at radius 1 is 1.29 bits per heavy atom. The van der Waals surface area contributed by atoms with E-state index in [1.165, 1.54) is 11.8 Å². The van der Waals surface area contributed by atoms with Gasteiger partial charge < -0.3 is 10.2 Å². The summed E-state index contributed by atoms with van der Waals surface area (Å²) in [7, 11) is 0. The normalized spacial score (nSPS) is 9.83. The van der Waals surface area contributed by atoms with E-state index in [-0.39, 0.29) is 24.8 Å². The minimum Gasteiger partial charge on any atom is -0.352 e. The first kappa shape index (κ1) is 17.2. The predicted octanol–water partition coefficient (Wildman–Crippen LogP) is 2.01. The molecule has 0 atom stereocenters. The van der Waals surface area contributed by atoms with Gasteiger partial charge in [-0.3, -0.25) is 14.6 Å². The first-order valence-electron chi connectivity index (χ1n) is 7.54. The Morgan fingerprint density at radius 2 is 2.12 bits per heavy atom. The number of nitrogens with one attached hydrogen (secondary N) is 1. The van der Waals surface area contributed by atoms with Crippen LogP contribution >= 0.6 is 0 Å².